The van der Waals surface area contributed by atoms with Crippen molar-refractivity contribution in [3.63, 3.8) is 0 Å². The van der Waals surface area contributed by atoms with Crippen molar-refractivity contribution in [3.8, 4) is 0 Å². The monoisotopic (exact) mass is 227 g/mol. The summed E-state index contributed by atoms with van der Waals surface area (Å²) in [5.74, 6) is -0.460. The molecule has 1 aliphatic rings. The van der Waals surface area contributed by atoms with Gasteiger partial charge in [0, 0.05) is 13.2 Å². The van der Waals surface area contributed by atoms with Crippen LogP contribution in [0.1, 0.15) is 12.8 Å². The molecule has 16 heavy (non-hydrogen) atoms. The van der Waals surface area contributed by atoms with Crippen LogP contribution in [0.25, 0.3) is 0 Å². The largest absolute Gasteiger partial charge is 0.382 e. The highest BCUT2D eigenvalue weighted by Crippen LogP contribution is 2.18. The van der Waals surface area contributed by atoms with Gasteiger partial charge in [-0.1, -0.05) is 0 Å². The molecule has 1 aromatic rings. The Morgan fingerprint density at radius 1 is 1.38 bits per heavy atom. The van der Waals surface area contributed by atoms with E-state index in [4.69, 9.17) is 4.74 Å². The first-order valence-electron chi connectivity index (χ1n) is 5.52. The molecule has 1 unspecified atom stereocenters. The fourth-order valence-corrected chi connectivity index (χ4v) is 1.86. The van der Waals surface area contributed by atoms with Gasteiger partial charge in [0.1, 0.15) is 11.6 Å². The van der Waals surface area contributed by atoms with Crippen molar-refractivity contribution in [2.24, 2.45) is 5.92 Å². The van der Waals surface area contributed by atoms with E-state index in [1.807, 2.05) is 0 Å². The number of rotatable bonds is 3. The second kappa shape index (κ2) is 5.25. The van der Waals surface area contributed by atoms with Crippen LogP contribution in [0.4, 0.5) is 14.5 Å². The van der Waals surface area contributed by atoms with Gasteiger partial charge < -0.3 is 10.1 Å². The van der Waals surface area contributed by atoms with Gasteiger partial charge in [0.25, 0.3) is 0 Å². The van der Waals surface area contributed by atoms with Crippen molar-refractivity contribution in [2.45, 2.75) is 12.8 Å². The van der Waals surface area contributed by atoms with Gasteiger partial charge in [0.15, 0.2) is 0 Å². The van der Waals surface area contributed by atoms with Crippen LogP contribution in [0.5, 0.6) is 0 Å². The molecule has 0 aromatic heterocycles. The Bertz CT molecular complexity index is 351. The lowest BCUT2D eigenvalue weighted by atomic mass is 10.0. The standard InChI is InChI=1S/C12H15F2NO/c13-10-3-4-11(14)12(6-10)15-7-9-2-1-5-16-8-9/h3-4,6,9,15H,1-2,5,7-8H2. The first kappa shape index (κ1) is 11.3. The van der Waals surface area contributed by atoms with E-state index < -0.39 is 11.6 Å². The highest BCUT2D eigenvalue weighted by Gasteiger charge is 2.14. The zero-order chi connectivity index (χ0) is 11.4. The average molecular weight is 227 g/mol. The number of benzene rings is 1. The number of anilines is 1. The number of hydrogen-bond acceptors (Lipinski definition) is 2. The molecular weight excluding hydrogens is 212 g/mol. The van der Waals surface area contributed by atoms with Gasteiger partial charge >= 0.3 is 0 Å². The van der Waals surface area contributed by atoms with Gasteiger partial charge in [-0.2, -0.15) is 0 Å². The van der Waals surface area contributed by atoms with Crippen molar-refractivity contribution in [3.05, 3.63) is 29.8 Å². The van der Waals surface area contributed by atoms with E-state index in [9.17, 15) is 8.78 Å². The van der Waals surface area contributed by atoms with E-state index in [0.717, 1.165) is 31.6 Å². The van der Waals surface area contributed by atoms with Gasteiger partial charge in [0.05, 0.1) is 12.3 Å². The SMILES string of the molecule is Fc1ccc(F)c(NCC2CCCOC2)c1. The molecule has 0 aliphatic carbocycles. The molecule has 2 nitrogen and oxygen atoms in total. The Kier molecular flexibility index (Phi) is 3.72. The summed E-state index contributed by atoms with van der Waals surface area (Å²) in [6, 6.07) is 3.43. The molecule has 1 aliphatic heterocycles. The first-order valence-corrected chi connectivity index (χ1v) is 5.52. The lowest BCUT2D eigenvalue weighted by Crippen LogP contribution is -2.24. The third-order valence-corrected chi connectivity index (χ3v) is 2.76. The Morgan fingerprint density at radius 3 is 3.00 bits per heavy atom. The van der Waals surface area contributed by atoms with Crippen molar-refractivity contribution in [1.82, 2.24) is 0 Å². The van der Waals surface area contributed by atoms with Crippen LogP contribution < -0.4 is 5.32 Å². The summed E-state index contributed by atoms with van der Waals surface area (Å²) < 4.78 is 31.5. The molecular formula is C12H15F2NO. The molecule has 2 rings (SSSR count). The van der Waals surface area contributed by atoms with Crippen LogP contribution in [0.15, 0.2) is 18.2 Å². The zero-order valence-corrected chi connectivity index (χ0v) is 9.01. The normalized spacial score (nSPS) is 20.8. The molecule has 1 N–H and O–H groups in total. The quantitative estimate of drug-likeness (QED) is 0.857. The van der Waals surface area contributed by atoms with Crippen LogP contribution >= 0.6 is 0 Å². The van der Waals surface area contributed by atoms with Crippen molar-refractivity contribution >= 4 is 5.69 Å². The molecule has 0 saturated carbocycles. The van der Waals surface area contributed by atoms with Gasteiger partial charge in [-0.15, -0.1) is 0 Å². The fraction of sp³-hybridized carbons (Fsp3) is 0.500. The zero-order valence-electron chi connectivity index (χ0n) is 9.01. The lowest BCUT2D eigenvalue weighted by Gasteiger charge is -2.22. The summed E-state index contributed by atoms with van der Waals surface area (Å²) >= 11 is 0. The maximum Gasteiger partial charge on any atom is 0.146 e. The Hall–Kier alpha value is -1.16. The Morgan fingerprint density at radius 2 is 2.25 bits per heavy atom. The van der Waals surface area contributed by atoms with Gasteiger partial charge in [0.2, 0.25) is 0 Å². The van der Waals surface area contributed by atoms with Gasteiger partial charge in [-0.3, -0.25) is 0 Å². The van der Waals surface area contributed by atoms with E-state index in [1.165, 1.54) is 6.07 Å². The van der Waals surface area contributed by atoms with E-state index >= 15 is 0 Å². The molecule has 1 aromatic carbocycles. The third kappa shape index (κ3) is 2.92. The van der Waals surface area contributed by atoms with E-state index in [2.05, 4.69) is 5.32 Å². The summed E-state index contributed by atoms with van der Waals surface area (Å²) in [6.45, 7) is 2.13. The van der Waals surface area contributed by atoms with Crippen LogP contribution in [-0.2, 0) is 4.74 Å². The average Bonchev–Trinajstić information content (AvgIpc) is 2.32. The third-order valence-electron chi connectivity index (χ3n) is 2.76. The van der Waals surface area contributed by atoms with Crippen LogP contribution in [-0.4, -0.2) is 19.8 Å². The summed E-state index contributed by atoms with van der Waals surface area (Å²) in [4.78, 5) is 0. The van der Waals surface area contributed by atoms with Crippen molar-refractivity contribution < 1.29 is 13.5 Å². The predicted octanol–water partition coefficient (Wildman–Crippen LogP) is 2.80. The second-order valence-corrected chi connectivity index (χ2v) is 4.09. The second-order valence-electron chi connectivity index (χ2n) is 4.09. The van der Waals surface area contributed by atoms with Crippen molar-refractivity contribution in [1.29, 1.82) is 0 Å². The molecule has 1 saturated heterocycles. The van der Waals surface area contributed by atoms with Crippen LogP contribution in [0.2, 0.25) is 0 Å². The molecule has 0 bridgehead atoms. The lowest BCUT2D eigenvalue weighted by molar-refractivity contribution is 0.0595. The number of halogens is 2. The summed E-state index contributed by atoms with van der Waals surface area (Å²) in [5.41, 5.74) is 0.227. The molecule has 0 spiro atoms. The Labute approximate surface area is 93.6 Å². The molecule has 88 valence electrons. The highest BCUT2D eigenvalue weighted by atomic mass is 19.1. The molecule has 1 atom stereocenters. The van der Waals surface area contributed by atoms with E-state index in [-0.39, 0.29) is 5.69 Å². The maximum absolute atomic E-state index is 13.3. The maximum atomic E-state index is 13.3. The van der Waals surface area contributed by atoms with E-state index in [0.29, 0.717) is 19.1 Å². The molecule has 1 heterocycles. The molecule has 4 heteroatoms. The minimum Gasteiger partial charge on any atom is -0.382 e. The summed E-state index contributed by atoms with van der Waals surface area (Å²) in [5, 5.41) is 2.93. The predicted molar refractivity (Wildman–Crippen MR) is 58.4 cm³/mol. The van der Waals surface area contributed by atoms with Gasteiger partial charge in [-0.25, -0.2) is 8.78 Å². The van der Waals surface area contributed by atoms with Crippen molar-refractivity contribution in [2.75, 3.05) is 25.1 Å². The first-order chi connectivity index (χ1) is 7.75. The summed E-state index contributed by atoms with van der Waals surface area (Å²) in [7, 11) is 0. The smallest absolute Gasteiger partial charge is 0.146 e. The fourth-order valence-electron chi connectivity index (χ4n) is 1.86. The topological polar surface area (TPSA) is 21.3 Å². The minimum atomic E-state index is -0.427. The number of nitrogens with one attached hydrogen (secondary N) is 1. The van der Waals surface area contributed by atoms with E-state index in [1.54, 1.807) is 0 Å². The van der Waals surface area contributed by atoms with Gasteiger partial charge in [-0.05, 0) is 37.0 Å². The molecule has 0 radical (unpaired) electrons. The summed E-state index contributed by atoms with van der Waals surface area (Å²) in [6.07, 6.45) is 2.11. The Balaban J connectivity index is 1.90. The molecule has 0 amide bonds. The van der Waals surface area contributed by atoms with Crippen LogP contribution in [0, 0.1) is 17.6 Å². The van der Waals surface area contributed by atoms with Crippen LogP contribution in [0.3, 0.4) is 0 Å². The number of ether oxygens (including phenoxy) is 1. The minimum absolute atomic E-state index is 0.227. The number of hydrogen-bond donors (Lipinski definition) is 1. The highest BCUT2D eigenvalue weighted by molar-refractivity contribution is 5.44. The molecule has 1 fully saturated rings.